The Morgan fingerprint density at radius 3 is 2.91 bits per heavy atom. The van der Waals surface area contributed by atoms with Crippen molar-refractivity contribution in [3.05, 3.63) is 29.3 Å². The molecule has 0 bridgehead atoms. The minimum absolute atomic E-state index is 0.135. The number of piperidine rings is 1. The molecule has 1 aromatic rings. The Bertz CT molecular complexity index is 562. The lowest BCUT2D eigenvalue weighted by Crippen LogP contribution is -2.57. The molecule has 2 heterocycles. The van der Waals surface area contributed by atoms with E-state index in [9.17, 15) is 4.79 Å². The summed E-state index contributed by atoms with van der Waals surface area (Å²) in [5, 5.41) is 3.36. The number of hydrogen-bond acceptors (Lipinski definition) is 4. The molecule has 2 fully saturated rings. The molecule has 126 valence electrons. The summed E-state index contributed by atoms with van der Waals surface area (Å²) in [4.78, 5) is 14.7. The summed E-state index contributed by atoms with van der Waals surface area (Å²) in [5.41, 5.74) is 1.96. The van der Waals surface area contributed by atoms with Gasteiger partial charge < -0.3 is 19.7 Å². The van der Waals surface area contributed by atoms with Crippen LogP contribution < -0.4 is 10.1 Å². The van der Waals surface area contributed by atoms with Crippen molar-refractivity contribution in [3.63, 3.8) is 0 Å². The fourth-order valence-corrected chi connectivity index (χ4v) is 3.50. The summed E-state index contributed by atoms with van der Waals surface area (Å²) < 4.78 is 11.4. The van der Waals surface area contributed by atoms with Crippen LogP contribution in [0.25, 0.3) is 0 Å². The number of benzene rings is 1. The zero-order chi connectivity index (χ0) is 16.3. The van der Waals surface area contributed by atoms with E-state index in [1.54, 1.807) is 7.11 Å². The number of carbonyl (C=O) groups is 1. The number of morpholine rings is 1. The third-order valence-corrected chi connectivity index (χ3v) is 4.94. The van der Waals surface area contributed by atoms with Crippen molar-refractivity contribution in [2.45, 2.75) is 31.8 Å². The van der Waals surface area contributed by atoms with E-state index in [-0.39, 0.29) is 11.5 Å². The van der Waals surface area contributed by atoms with Crippen LogP contribution in [0.4, 0.5) is 0 Å². The van der Waals surface area contributed by atoms with E-state index in [2.05, 4.69) is 5.32 Å². The number of carbonyl (C=O) groups excluding carboxylic acids is 1. The topological polar surface area (TPSA) is 50.8 Å². The largest absolute Gasteiger partial charge is 0.496 e. The maximum atomic E-state index is 12.7. The van der Waals surface area contributed by atoms with Crippen LogP contribution >= 0.6 is 0 Å². The van der Waals surface area contributed by atoms with Gasteiger partial charge in [-0.2, -0.15) is 0 Å². The number of rotatable bonds is 3. The number of nitrogens with one attached hydrogen (secondary N) is 1. The van der Waals surface area contributed by atoms with Crippen LogP contribution in [-0.4, -0.2) is 56.3 Å². The molecule has 2 aliphatic rings. The van der Waals surface area contributed by atoms with E-state index in [0.717, 1.165) is 49.4 Å². The number of amides is 1. The Labute approximate surface area is 137 Å². The third kappa shape index (κ3) is 3.67. The van der Waals surface area contributed by atoms with E-state index >= 15 is 0 Å². The monoisotopic (exact) mass is 318 g/mol. The maximum Gasteiger partial charge on any atom is 0.227 e. The van der Waals surface area contributed by atoms with E-state index in [4.69, 9.17) is 9.47 Å². The molecule has 1 spiro atoms. The number of nitrogens with zero attached hydrogens (tertiary/aromatic N) is 1. The fraction of sp³-hybridized carbons (Fsp3) is 0.611. The van der Waals surface area contributed by atoms with Gasteiger partial charge in [0.1, 0.15) is 5.75 Å². The van der Waals surface area contributed by atoms with Crippen molar-refractivity contribution in [1.29, 1.82) is 0 Å². The van der Waals surface area contributed by atoms with Crippen LogP contribution in [0.15, 0.2) is 18.2 Å². The lowest BCUT2D eigenvalue weighted by molar-refractivity contribution is -0.154. The molecule has 2 saturated heterocycles. The molecule has 2 aliphatic heterocycles. The summed E-state index contributed by atoms with van der Waals surface area (Å²) in [6.07, 6.45) is 2.38. The van der Waals surface area contributed by atoms with Gasteiger partial charge in [0.2, 0.25) is 5.91 Å². The van der Waals surface area contributed by atoms with Gasteiger partial charge in [-0.25, -0.2) is 0 Å². The third-order valence-electron chi connectivity index (χ3n) is 4.94. The van der Waals surface area contributed by atoms with Gasteiger partial charge in [0, 0.05) is 13.1 Å². The van der Waals surface area contributed by atoms with Gasteiger partial charge in [-0.3, -0.25) is 4.79 Å². The second kappa shape index (κ2) is 6.89. The van der Waals surface area contributed by atoms with Crippen molar-refractivity contribution in [2.24, 2.45) is 0 Å². The maximum absolute atomic E-state index is 12.7. The number of methoxy groups -OCH3 is 1. The van der Waals surface area contributed by atoms with E-state index in [1.807, 2.05) is 30.0 Å². The molecule has 1 N–H and O–H groups in total. The second-order valence-corrected chi connectivity index (χ2v) is 6.58. The predicted octanol–water partition coefficient (Wildman–Crippen LogP) is 1.53. The molecule has 5 heteroatoms. The molecule has 0 aromatic heterocycles. The molecule has 0 saturated carbocycles. The van der Waals surface area contributed by atoms with E-state index in [0.29, 0.717) is 19.6 Å². The molecule has 0 unspecified atom stereocenters. The van der Waals surface area contributed by atoms with Gasteiger partial charge >= 0.3 is 0 Å². The molecule has 1 aromatic carbocycles. The quantitative estimate of drug-likeness (QED) is 0.918. The van der Waals surface area contributed by atoms with Crippen LogP contribution in [0.2, 0.25) is 0 Å². The minimum atomic E-state index is -0.135. The predicted molar refractivity (Wildman–Crippen MR) is 88.8 cm³/mol. The zero-order valence-electron chi connectivity index (χ0n) is 14.1. The molecule has 5 nitrogen and oxygen atoms in total. The molecule has 23 heavy (non-hydrogen) atoms. The number of aryl methyl sites for hydroxylation is 1. The lowest BCUT2D eigenvalue weighted by Gasteiger charge is -2.45. The van der Waals surface area contributed by atoms with Crippen molar-refractivity contribution in [1.82, 2.24) is 10.2 Å². The smallest absolute Gasteiger partial charge is 0.227 e. The van der Waals surface area contributed by atoms with Gasteiger partial charge in [0.05, 0.1) is 25.7 Å². The Kier molecular flexibility index (Phi) is 4.87. The van der Waals surface area contributed by atoms with Gasteiger partial charge in [0.25, 0.3) is 0 Å². The van der Waals surface area contributed by atoms with Gasteiger partial charge in [-0.05, 0) is 50.0 Å². The molecule has 1 amide bonds. The number of ether oxygens (including phenoxy) is 2. The van der Waals surface area contributed by atoms with Crippen LogP contribution in [0.5, 0.6) is 5.75 Å². The fourth-order valence-electron chi connectivity index (χ4n) is 3.50. The highest BCUT2D eigenvalue weighted by Gasteiger charge is 2.39. The first kappa shape index (κ1) is 16.3. The SMILES string of the molecule is COc1cc(CC(=O)N2CCOC3(CCNCC3)C2)ccc1C. The standard InChI is InChI=1S/C18H26N2O3/c1-14-3-4-15(11-16(14)22-2)12-17(21)20-9-10-23-18(13-20)5-7-19-8-6-18/h3-4,11,19H,5-10,12-13H2,1-2H3. The van der Waals surface area contributed by atoms with E-state index in [1.165, 1.54) is 0 Å². The number of hydrogen-bond donors (Lipinski definition) is 1. The van der Waals surface area contributed by atoms with Gasteiger partial charge in [0.15, 0.2) is 0 Å². The zero-order valence-corrected chi connectivity index (χ0v) is 14.1. The normalized spacial score (nSPS) is 20.5. The van der Waals surface area contributed by atoms with E-state index < -0.39 is 0 Å². The van der Waals surface area contributed by atoms with Crippen LogP contribution in [-0.2, 0) is 16.0 Å². The highest BCUT2D eigenvalue weighted by Crippen LogP contribution is 2.28. The average molecular weight is 318 g/mol. The first-order chi connectivity index (χ1) is 11.1. The highest BCUT2D eigenvalue weighted by molar-refractivity contribution is 5.79. The van der Waals surface area contributed by atoms with Crippen LogP contribution in [0.1, 0.15) is 24.0 Å². The average Bonchev–Trinajstić information content (AvgIpc) is 2.57. The Morgan fingerprint density at radius 1 is 1.39 bits per heavy atom. The van der Waals surface area contributed by atoms with Crippen molar-refractivity contribution >= 4 is 5.91 Å². The van der Waals surface area contributed by atoms with Crippen LogP contribution in [0, 0.1) is 6.92 Å². The minimum Gasteiger partial charge on any atom is -0.496 e. The molecule has 0 atom stereocenters. The summed E-state index contributed by atoms with van der Waals surface area (Å²) in [7, 11) is 1.66. The van der Waals surface area contributed by atoms with Crippen LogP contribution in [0.3, 0.4) is 0 Å². The molecule has 0 radical (unpaired) electrons. The molecular formula is C18H26N2O3. The molecule has 3 rings (SSSR count). The van der Waals surface area contributed by atoms with Crippen molar-refractivity contribution in [2.75, 3.05) is 39.9 Å². The summed E-state index contributed by atoms with van der Waals surface area (Å²) in [6.45, 7) is 6.00. The lowest BCUT2D eigenvalue weighted by atomic mass is 9.90. The van der Waals surface area contributed by atoms with Gasteiger partial charge in [-0.15, -0.1) is 0 Å². The Hall–Kier alpha value is -1.59. The summed E-state index contributed by atoms with van der Waals surface area (Å²) in [5.74, 6) is 1.02. The first-order valence-electron chi connectivity index (χ1n) is 8.38. The van der Waals surface area contributed by atoms with Crippen molar-refractivity contribution in [3.8, 4) is 5.75 Å². The summed E-state index contributed by atoms with van der Waals surface area (Å²) in [6, 6.07) is 5.99. The molecule has 0 aliphatic carbocycles. The molecular weight excluding hydrogens is 292 g/mol. The summed E-state index contributed by atoms with van der Waals surface area (Å²) >= 11 is 0. The van der Waals surface area contributed by atoms with Gasteiger partial charge in [-0.1, -0.05) is 12.1 Å². The first-order valence-corrected chi connectivity index (χ1v) is 8.38. The highest BCUT2D eigenvalue weighted by atomic mass is 16.5. The Balaban J connectivity index is 1.65. The van der Waals surface area contributed by atoms with Crippen molar-refractivity contribution < 1.29 is 14.3 Å². The second-order valence-electron chi connectivity index (χ2n) is 6.58. The Morgan fingerprint density at radius 2 is 2.17 bits per heavy atom.